The number of amides is 1. The molecule has 0 heterocycles. The van der Waals surface area contributed by atoms with E-state index < -0.39 is 0 Å². The molecule has 0 fully saturated rings. The van der Waals surface area contributed by atoms with Gasteiger partial charge in [0.05, 0.1) is 12.8 Å². The van der Waals surface area contributed by atoms with Crippen molar-refractivity contribution in [2.75, 3.05) is 12.4 Å². The van der Waals surface area contributed by atoms with Crippen molar-refractivity contribution < 1.29 is 14.3 Å². The Balaban J connectivity index is 1.72. The van der Waals surface area contributed by atoms with Crippen molar-refractivity contribution in [1.82, 2.24) is 0 Å². The van der Waals surface area contributed by atoms with Crippen LogP contribution in [-0.4, -0.2) is 13.0 Å². The molecule has 25 heavy (non-hydrogen) atoms. The second-order valence-electron chi connectivity index (χ2n) is 5.60. The highest BCUT2D eigenvalue weighted by atomic mass is 16.5. The summed E-state index contributed by atoms with van der Waals surface area (Å²) in [6.07, 6.45) is 0. The summed E-state index contributed by atoms with van der Waals surface area (Å²) >= 11 is 0. The molecule has 0 saturated heterocycles. The van der Waals surface area contributed by atoms with Gasteiger partial charge in [-0.3, -0.25) is 4.79 Å². The lowest BCUT2D eigenvalue weighted by Crippen LogP contribution is -2.12. The average molecular weight is 333 g/mol. The third kappa shape index (κ3) is 4.18. The van der Waals surface area contributed by atoms with Crippen LogP contribution in [0.2, 0.25) is 0 Å². The minimum Gasteiger partial charge on any atom is -0.495 e. The maximum Gasteiger partial charge on any atom is 0.255 e. The maximum atomic E-state index is 12.5. The van der Waals surface area contributed by atoms with Crippen molar-refractivity contribution in [1.29, 1.82) is 0 Å². The second kappa shape index (κ2) is 7.53. The van der Waals surface area contributed by atoms with Crippen molar-refractivity contribution in [2.24, 2.45) is 0 Å². The molecule has 1 N–H and O–H groups in total. The van der Waals surface area contributed by atoms with Crippen molar-refractivity contribution in [3.8, 4) is 17.2 Å². The fourth-order valence-electron chi connectivity index (χ4n) is 2.41. The first kappa shape index (κ1) is 16.6. The topological polar surface area (TPSA) is 47.6 Å². The largest absolute Gasteiger partial charge is 0.495 e. The van der Waals surface area contributed by atoms with Crippen LogP contribution in [0.15, 0.2) is 72.8 Å². The molecule has 0 saturated carbocycles. The Morgan fingerprint density at radius 2 is 1.56 bits per heavy atom. The van der Waals surface area contributed by atoms with Gasteiger partial charge in [0.1, 0.15) is 17.2 Å². The van der Waals surface area contributed by atoms with Crippen LogP contribution < -0.4 is 14.8 Å². The molecule has 4 heteroatoms. The minimum absolute atomic E-state index is 0.199. The van der Waals surface area contributed by atoms with Crippen LogP contribution in [0.1, 0.15) is 15.9 Å². The van der Waals surface area contributed by atoms with Crippen molar-refractivity contribution in [2.45, 2.75) is 6.92 Å². The highest BCUT2D eigenvalue weighted by molar-refractivity contribution is 6.05. The predicted octanol–water partition coefficient (Wildman–Crippen LogP) is 5.05. The van der Waals surface area contributed by atoms with Gasteiger partial charge in [-0.2, -0.15) is 0 Å². The van der Waals surface area contributed by atoms with Gasteiger partial charge in [0, 0.05) is 5.56 Å². The Morgan fingerprint density at radius 3 is 2.24 bits per heavy atom. The van der Waals surface area contributed by atoms with Gasteiger partial charge in [-0.15, -0.1) is 0 Å². The van der Waals surface area contributed by atoms with Crippen LogP contribution in [0.3, 0.4) is 0 Å². The first-order valence-electron chi connectivity index (χ1n) is 7.94. The van der Waals surface area contributed by atoms with Gasteiger partial charge < -0.3 is 14.8 Å². The highest BCUT2D eigenvalue weighted by Crippen LogP contribution is 2.26. The molecule has 0 atom stereocenters. The maximum absolute atomic E-state index is 12.5. The van der Waals surface area contributed by atoms with E-state index in [1.165, 1.54) is 0 Å². The molecule has 0 radical (unpaired) electrons. The quantitative estimate of drug-likeness (QED) is 0.711. The third-order valence-electron chi connectivity index (χ3n) is 3.70. The zero-order valence-electron chi connectivity index (χ0n) is 14.2. The zero-order chi connectivity index (χ0) is 17.6. The molecule has 3 aromatic rings. The zero-order valence-corrected chi connectivity index (χ0v) is 14.2. The summed E-state index contributed by atoms with van der Waals surface area (Å²) in [6, 6.07) is 22.2. The summed E-state index contributed by atoms with van der Waals surface area (Å²) in [7, 11) is 1.58. The number of carbonyl (C=O) groups excluding carboxylic acids is 1. The molecule has 3 rings (SSSR count). The number of anilines is 1. The lowest BCUT2D eigenvalue weighted by molar-refractivity contribution is 0.102. The van der Waals surface area contributed by atoms with Crippen molar-refractivity contribution in [3.05, 3.63) is 83.9 Å². The molecule has 0 aromatic heterocycles. The fraction of sp³-hybridized carbons (Fsp3) is 0.0952. The Kier molecular flexibility index (Phi) is 5.00. The molecule has 0 aliphatic carbocycles. The Labute approximate surface area is 147 Å². The highest BCUT2D eigenvalue weighted by Gasteiger charge is 2.10. The van der Waals surface area contributed by atoms with Crippen LogP contribution in [0, 0.1) is 6.92 Å². The monoisotopic (exact) mass is 333 g/mol. The smallest absolute Gasteiger partial charge is 0.255 e. The van der Waals surface area contributed by atoms with E-state index in [9.17, 15) is 4.79 Å². The molecule has 4 nitrogen and oxygen atoms in total. The molecule has 0 aliphatic rings. The van der Waals surface area contributed by atoms with E-state index in [2.05, 4.69) is 5.32 Å². The molecule has 126 valence electrons. The molecule has 0 unspecified atom stereocenters. The average Bonchev–Trinajstić information content (AvgIpc) is 2.63. The van der Waals surface area contributed by atoms with Crippen molar-refractivity contribution >= 4 is 11.6 Å². The fourth-order valence-corrected chi connectivity index (χ4v) is 2.41. The van der Waals surface area contributed by atoms with Gasteiger partial charge in [-0.05, 0) is 61.0 Å². The SMILES string of the molecule is COc1ccc(C)cc1NC(=O)c1ccc(Oc2ccccc2)cc1. The number of methoxy groups -OCH3 is 1. The van der Waals surface area contributed by atoms with Crippen LogP contribution in [-0.2, 0) is 0 Å². The normalized spacial score (nSPS) is 10.2. The van der Waals surface area contributed by atoms with E-state index in [0.29, 0.717) is 22.7 Å². The van der Waals surface area contributed by atoms with Gasteiger partial charge >= 0.3 is 0 Å². The summed E-state index contributed by atoms with van der Waals surface area (Å²) < 4.78 is 11.0. The standard InChI is InChI=1S/C21H19NO3/c1-15-8-13-20(24-2)19(14-15)22-21(23)16-9-11-18(12-10-16)25-17-6-4-3-5-7-17/h3-14H,1-2H3,(H,22,23). The van der Waals surface area contributed by atoms with E-state index in [1.807, 2.05) is 55.5 Å². The molecular weight excluding hydrogens is 314 g/mol. The molecule has 0 aliphatic heterocycles. The van der Waals surface area contributed by atoms with Gasteiger partial charge in [-0.1, -0.05) is 24.3 Å². The number of rotatable bonds is 5. The molecule has 0 spiro atoms. The summed E-state index contributed by atoms with van der Waals surface area (Å²) in [4.78, 5) is 12.5. The number of aryl methyl sites for hydroxylation is 1. The number of carbonyl (C=O) groups is 1. The van der Waals surface area contributed by atoms with E-state index in [0.717, 1.165) is 11.3 Å². The number of hydrogen-bond acceptors (Lipinski definition) is 3. The van der Waals surface area contributed by atoms with Crippen LogP contribution >= 0.6 is 0 Å². The van der Waals surface area contributed by atoms with Crippen molar-refractivity contribution in [3.63, 3.8) is 0 Å². The van der Waals surface area contributed by atoms with Gasteiger partial charge in [-0.25, -0.2) is 0 Å². The summed E-state index contributed by atoms with van der Waals surface area (Å²) in [5.41, 5.74) is 2.24. The predicted molar refractivity (Wildman–Crippen MR) is 98.6 cm³/mol. The first-order valence-corrected chi connectivity index (χ1v) is 7.94. The lowest BCUT2D eigenvalue weighted by Gasteiger charge is -2.11. The van der Waals surface area contributed by atoms with E-state index in [1.54, 1.807) is 31.4 Å². The van der Waals surface area contributed by atoms with Gasteiger partial charge in [0.2, 0.25) is 0 Å². The van der Waals surface area contributed by atoms with Crippen LogP contribution in [0.25, 0.3) is 0 Å². The molecular formula is C21H19NO3. The number of nitrogens with one attached hydrogen (secondary N) is 1. The third-order valence-corrected chi connectivity index (χ3v) is 3.70. The van der Waals surface area contributed by atoms with Crippen LogP contribution in [0.4, 0.5) is 5.69 Å². The van der Waals surface area contributed by atoms with E-state index in [4.69, 9.17) is 9.47 Å². The summed E-state index contributed by atoms with van der Waals surface area (Å²) in [6.45, 7) is 1.96. The van der Waals surface area contributed by atoms with E-state index >= 15 is 0 Å². The van der Waals surface area contributed by atoms with Gasteiger partial charge in [0.15, 0.2) is 0 Å². The molecule has 3 aromatic carbocycles. The molecule has 0 bridgehead atoms. The number of benzene rings is 3. The molecule has 1 amide bonds. The lowest BCUT2D eigenvalue weighted by atomic mass is 10.1. The Bertz CT molecular complexity index is 858. The second-order valence-corrected chi connectivity index (χ2v) is 5.60. The Morgan fingerprint density at radius 1 is 0.880 bits per heavy atom. The number of para-hydroxylation sites is 1. The summed E-state index contributed by atoms with van der Waals surface area (Å²) in [5, 5.41) is 2.88. The van der Waals surface area contributed by atoms with Gasteiger partial charge in [0.25, 0.3) is 5.91 Å². The number of ether oxygens (including phenoxy) is 2. The minimum atomic E-state index is -0.199. The van der Waals surface area contributed by atoms with E-state index in [-0.39, 0.29) is 5.91 Å². The van der Waals surface area contributed by atoms with Crippen LogP contribution in [0.5, 0.6) is 17.2 Å². The number of hydrogen-bond donors (Lipinski definition) is 1. The summed E-state index contributed by atoms with van der Waals surface area (Å²) in [5.74, 6) is 1.86. The Hall–Kier alpha value is -3.27. The first-order chi connectivity index (χ1) is 12.2.